The SMILES string of the molecule is CCC(=O)c1sc(N2CCSC(C)C2)c(OC(C)C)c1N. The number of hydrogen-bond acceptors (Lipinski definition) is 6. The lowest BCUT2D eigenvalue weighted by Gasteiger charge is -2.32. The Morgan fingerprint density at radius 2 is 2.24 bits per heavy atom. The molecule has 1 unspecified atom stereocenters. The van der Waals surface area contributed by atoms with Gasteiger partial charge in [-0.05, 0) is 13.8 Å². The summed E-state index contributed by atoms with van der Waals surface area (Å²) >= 11 is 3.47. The molecular formula is C15H24N2O2S2. The first-order valence-electron chi connectivity index (χ1n) is 7.42. The number of carbonyl (C=O) groups excluding carboxylic acids is 1. The number of anilines is 2. The number of hydrogen-bond donors (Lipinski definition) is 1. The van der Waals surface area contributed by atoms with Crippen LogP contribution in [0, 0.1) is 0 Å². The van der Waals surface area contributed by atoms with Crippen molar-refractivity contribution in [3.8, 4) is 5.75 Å². The van der Waals surface area contributed by atoms with Crippen LogP contribution in [0.2, 0.25) is 0 Å². The molecule has 0 bridgehead atoms. The van der Waals surface area contributed by atoms with E-state index in [1.165, 1.54) is 11.3 Å². The van der Waals surface area contributed by atoms with Gasteiger partial charge in [-0.3, -0.25) is 4.79 Å². The number of carbonyl (C=O) groups is 1. The van der Waals surface area contributed by atoms with Gasteiger partial charge >= 0.3 is 0 Å². The fourth-order valence-corrected chi connectivity index (χ4v) is 4.56. The van der Waals surface area contributed by atoms with E-state index < -0.39 is 0 Å². The van der Waals surface area contributed by atoms with Gasteiger partial charge in [-0.1, -0.05) is 13.8 Å². The zero-order valence-electron chi connectivity index (χ0n) is 13.1. The second-order valence-electron chi connectivity index (χ2n) is 5.55. The van der Waals surface area contributed by atoms with Crippen molar-refractivity contribution < 1.29 is 9.53 Å². The lowest BCUT2D eigenvalue weighted by atomic mass is 10.2. The summed E-state index contributed by atoms with van der Waals surface area (Å²) in [5.74, 6) is 1.89. The van der Waals surface area contributed by atoms with E-state index >= 15 is 0 Å². The van der Waals surface area contributed by atoms with Crippen LogP contribution in [0.4, 0.5) is 10.7 Å². The number of rotatable bonds is 5. The molecule has 21 heavy (non-hydrogen) atoms. The van der Waals surface area contributed by atoms with E-state index in [-0.39, 0.29) is 11.9 Å². The van der Waals surface area contributed by atoms with Crippen molar-refractivity contribution in [3.05, 3.63) is 4.88 Å². The van der Waals surface area contributed by atoms with Crippen LogP contribution in [0.25, 0.3) is 0 Å². The number of nitrogens with two attached hydrogens (primary N) is 1. The van der Waals surface area contributed by atoms with Crippen LogP contribution < -0.4 is 15.4 Å². The normalized spacial score (nSPS) is 19.1. The topological polar surface area (TPSA) is 55.6 Å². The Bertz CT molecular complexity index is 514. The molecule has 1 fully saturated rings. The summed E-state index contributed by atoms with van der Waals surface area (Å²) in [6.07, 6.45) is 0.513. The van der Waals surface area contributed by atoms with Gasteiger partial charge in [-0.15, -0.1) is 11.3 Å². The predicted octanol–water partition coefficient (Wildman–Crippen LogP) is 3.65. The van der Waals surface area contributed by atoms with Crippen molar-refractivity contribution in [2.45, 2.75) is 45.5 Å². The summed E-state index contributed by atoms with van der Waals surface area (Å²) in [6, 6.07) is 0. The Morgan fingerprint density at radius 3 is 2.81 bits per heavy atom. The first kappa shape index (κ1) is 16.5. The summed E-state index contributed by atoms with van der Waals surface area (Å²) in [4.78, 5) is 15.0. The average Bonchev–Trinajstić information content (AvgIpc) is 2.75. The standard InChI is InChI=1S/C15H24N2O2S2/c1-5-11(18)14-12(16)13(19-9(2)3)15(21-14)17-6-7-20-10(4)8-17/h9-10H,5-8,16H2,1-4H3. The number of thiophene rings is 1. The number of ketones is 1. The smallest absolute Gasteiger partial charge is 0.177 e. The molecule has 1 aliphatic rings. The third-order valence-electron chi connectivity index (χ3n) is 3.34. The third-order valence-corrected chi connectivity index (χ3v) is 5.76. The maximum Gasteiger partial charge on any atom is 0.177 e. The summed E-state index contributed by atoms with van der Waals surface area (Å²) in [5.41, 5.74) is 6.72. The van der Waals surface area contributed by atoms with Crippen molar-refractivity contribution in [2.24, 2.45) is 0 Å². The maximum absolute atomic E-state index is 12.1. The molecule has 1 aliphatic heterocycles. The van der Waals surface area contributed by atoms with Gasteiger partial charge in [0.15, 0.2) is 11.5 Å². The van der Waals surface area contributed by atoms with Crippen molar-refractivity contribution in [1.29, 1.82) is 0 Å². The minimum Gasteiger partial charge on any atom is -0.486 e. The molecule has 1 aromatic rings. The molecule has 0 amide bonds. The fraction of sp³-hybridized carbons (Fsp3) is 0.667. The van der Waals surface area contributed by atoms with Crippen LogP contribution in [0.5, 0.6) is 5.75 Å². The van der Waals surface area contributed by atoms with Gasteiger partial charge in [0.1, 0.15) is 5.00 Å². The predicted molar refractivity (Wildman–Crippen MR) is 93.2 cm³/mol. The van der Waals surface area contributed by atoms with Gasteiger partial charge in [-0.2, -0.15) is 11.8 Å². The highest BCUT2D eigenvalue weighted by Crippen LogP contribution is 2.46. The highest BCUT2D eigenvalue weighted by molar-refractivity contribution is 8.00. The Hall–Kier alpha value is -0.880. The summed E-state index contributed by atoms with van der Waals surface area (Å²) in [6.45, 7) is 10.0. The zero-order chi connectivity index (χ0) is 15.6. The number of thioether (sulfide) groups is 1. The van der Waals surface area contributed by atoms with Crippen LogP contribution in [0.1, 0.15) is 43.8 Å². The quantitative estimate of drug-likeness (QED) is 0.836. The molecule has 0 saturated carbocycles. The Labute approximate surface area is 135 Å². The second kappa shape index (κ2) is 6.92. The molecule has 2 heterocycles. The van der Waals surface area contributed by atoms with Crippen molar-refractivity contribution in [2.75, 3.05) is 29.5 Å². The van der Waals surface area contributed by atoms with Crippen LogP contribution in [-0.4, -0.2) is 36.0 Å². The van der Waals surface area contributed by atoms with Gasteiger partial charge in [0, 0.05) is 30.5 Å². The molecule has 1 saturated heterocycles. The van der Waals surface area contributed by atoms with E-state index in [9.17, 15) is 4.79 Å². The summed E-state index contributed by atoms with van der Waals surface area (Å²) < 4.78 is 5.92. The molecule has 0 spiro atoms. The van der Waals surface area contributed by atoms with Crippen LogP contribution in [0.3, 0.4) is 0 Å². The molecule has 1 aromatic heterocycles. The largest absolute Gasteiger partial charge is 0.486 e. The lowest BCUT2D eigenvalue weighted by Crippen LogP contribution is -2.36. The van der Waals surface area contributed by atoms with E-state index in [1.807, 2.05) is 32.5 Å². The zero-order valence-corrected chi connectivity index (χ0v) is 14.8. The van der Waals surface area contributed by atoms with E-state index in [0.29, 0.717) is 28.0 Å². The molecule has 4 nitrogen and oxygen atoms in total. The average molecular weight is 329 g/mol. The lowest BCUT2D eigenvalue weighted by molar-refractivity contribution is 0.0992. The van der Waals surface area contributed by atoms with E-state index in [0.717, 1.165) is 23.8 Å². The van der Waals surface area contributed by atoms with Gasteiger partial charge in [0.25, 0.3) is 0 Å². The summed E-state index contributed by atoms with van der Waals surface area (Å²) in [5, 5.41) is 1.60. The second-order valence-corrected chi connectivity index (χ2v) is 8.10. The van der Waals surface area contributed by atoms with Gasteiger partial charge in [0.05, 0.1) is 16.7 Å². The Morgan fingerprint density at radius 1 is 1.52 bits per heavy atom. The highest BCUT2D eigenvalue weighted by atomic mass is 32.2. The fourth-order valence-electron chi connectivity index (χ4n) is 2.34. The van der Waals surface area contributed by atoms with Crippen LogP contribution in [-0.2, 0) is 0 Å². The van der Waals surface area contributed by atoms with Gasteiger partial charge in [0.2, 0.25) is 0 Å². The molecule has 118 valence electrons. The van der Waals surface area contributed by atoms with Crippen LogP contribution in [0.15, 0.2) is 0 Å². The highest BCUT2D eigenvalue weighted by Gasteiger charge is 2.28. The molecule has 2 N–H and O–H groups in total. The number of nitrogens with zero attached hydrogens (tertiary/aromatic N) is 1. The molecule has 1 atom stereocenters. The molecule has 0 aromatic carbocycles. The van der Waals surface area contributed by atoms with Crippen molar-refractivity contribution in [1.82, 2.24) is 0 Å². The minimum atomic E-state index is 0.0433. The number of nitrogen functional groups attached to an aromatic ring is 1. The maximum atomic E-state index is 12.1. The minimum absolute atomic E-state index is 0.0433. The van der Waals surface area contributed by atoms with Gasteiger partial charge in [-0.25, -0.2) is 0 Å². The van der Waals surface area contributed by atoms with Crippen molar-refractivity contribution in [3.63, 3.8) is 0 Å². The van der Waals surface area contributed by atoms with Gasteiger partial charge < -0.3 is 15.4 Å². The van der Waals surface area contributed by atoms with Crippen molar-refractivity contribution >= 4 is 39.6 Å². The third kappa shape index (κ3) is 3.66. The number of Topliss-reactive ketones (excluding diaryl/α,β-unsaturated/α-hetero) is 1. The molecular weight excluding hydrogens is 304 g/mol. The van der Waals surface area contributed by atoms with E-state index in [1.54, 1.807) is 0 Å². The van der Waals surface area contributed by atoms with E-state index in [2.05, 4.69) is 11.8 Å². The number of ether oxygens (including phenoxy) is 1. The molecule has 2 rings (SSSR count). The summed E-state index contributed by atoms with van der Waals surface area (Å²) in [7, 11) is 0. The van der Waals surface area contributed by atoms with E-state index in [4.69, 9.17) is 10.5 Å². The molecule has 0 aliphatic carbocycles. The molecule has 6 heteroatoms. The first-order valence-corrected chi connectivity index (χ1v) is 9.29. The molecule has 0 radical (unpaired) electrons. The Balaban J connectivity index is 2.39. The first-order chi connectivity index (χ1) is 9.93. The monoisotopic (exact) mass is 328 g/mol. The van der Waals surface area contributed by atoms with Crippen LogP contribution >= 0.6 is 23.1 Å². The Kier molecular flexibility index (Phi) is 5.43.